The van der Waals surface area contributed by atoms with Gasteiger partial charge in [0.2, 0.25) is 0 Å². The summed E-state index contributed by atoms with van der Waals surface area (Å²) in [7, 11) is 0. The maximum absolute atomic E-state index is 13.4. The molecule has 4 nitrogen and oxygen atoms in total. The Morgan fingerprint density at radius 1 is 1.10 bits per heavy atom. The van der Waals surface area contributed by atoms with Crippen LogP contribution in [0.2, 0.25) is 10.0 Å². The van der Waals surface area contributed by atoms with Crippen LogP contribution < -0.4 is 10.6 Å². The van der Waals surface area contributed by atoms with Crippen LogP contribution in [0.3, 0.4) is 0 Å². The average molecular weight is 329 g/mol. The highest BCUT2D eigenvalue weighted by atomic mass is 35.5. The first-order chi connectivity index (χ1) is 9.92. The van der Waals surface area contributed by atoms with Crippen LogP contribution in [0.5, 0.6) is 0 Å². The van der Waals surface area contributed by atoms with Crippen molar-refractivity contribution in [3.63, 3.8) is 0 Å². The number of hydrogen-bond acceptors (Lipinski definition) is 4. The third kappa shape index (κ3) is 3.54. The van der Waals surface area contributed by atoms with E-state index in [-0.39, 0.29) is 10.0 Å². The second-order valence-corrected chi connectivity index (χ2v) is 5.32. The summed E-state index contributed by atoms with van der Waals surface area (Å²) in [5.74, 6) is 1.37. The van der Waals surface area contributed by atoms with Gasteiger partial charge in [-0.15, -0.1) is 0 Å². The summed E-state index contributed by atoms with van der Waals surface area (Å²) in [5.41, 5.74) is 1.43. The highest BCUT2D eigenvalue weighted by Gasteiger charge is 2.12. The van der Waals surface area contributed by atoms with Gasteiger partial charge in [0, 0.05) is 17.8 Å². The van der Waals surface area contributed by atoms with Gasteiger partial charge in [-0.3, -0.25) is 0 Å². The molecule has 0 fully saturated rings. The fourth-order valence-electron chi connectivity index (χ4n) is 1.85. The Balaban J connectivity index is 2.39. The number of benzene rings is 1. The Morgan fingerprint density at radius 2 is 1.67 bits per heavy atom. The standard InChI is InChI=1S/C14H15Cl2FN4/c1-4-18-13-7(2)14(20-8(3)19-13)21-9-5-10(15)12(17)11(16)6-9/h5-6H,4H2,1-3H3,(H2,18,19,20,21). The Kier molecular flexibility index (Phi) is 4.85. The van der Waals surface area contributed by atoms with Crippen LogP contribution in [0.25, 0.3) is 0 Å². The second kappa shape index (κ2) is 6.45. The minimum atomic E-state index is -0.632. The molecule has 0 spiro atoms. The molecule has 0 saturated heterocycles. The van der Waals surface area contributed by atoms with Crippen molar-refractivity contribution in [2.24, 2.45) is 0 Å². The van der Waals surface area contributed by atoms with Crippen molar-refractivity contribution >= 4 is 40.5 Å². The average Bonchev–Trinajstić information content (AvgIpc) is 2.41. The van der Waals surface area contributed by atoms with Crippen molar-refractivity contribution in [3.8, 4) is 0 Å². The van der Waals surface area contributed by atoms with E-state index >= 15 is 0 Å². The van der Waals surface area contributed by atoms with E-state index < -0.39 is 5.82 Å². The van der Waals surface area contributed by atoms with Gasteiger partial charge in [-0.05, 0) is 32.9 Å². The molecule has 7 heteroatoms. The quantitative estimate of drug-likeness (QED) is 0.797. The third-order valence-corrected chi connectivity index (χ3v) is 3.40. The lowest BCUT2D eigenvalue weighted by atomic mass is 10.2. The predicted octanol–water partition coefficient (Wildman–Crippen LogP) is 4.71. The fourth-order valence-corrected chi connectivity index (χ4v) is 2.34. The van der Waals surface area contributed by atoms with Crippen molar-refractivity contribution < 1.29 is 4.39 Å². The van der Waals surface area contributed by atoms with E-state index in [1.165, 1.54) is 12.1 Å². The summed E-state index contributed by atoms with van der Waals surface area (Å²) in [4.78, 5) is 8.69. The molecule has 0 radical (unpaired) electrons. The highest BCUT2D eigenvalue weighted by Crippen LogP contribution is 2.30. The minimum Gasteiger partial charge on any atom is -0.370 e. The molecule has 21 heavy (non-hydrogen) atoms. The molecule has 0 aliphatic carbocycles. The Hall–Kier alpha value is -1.59. The molecule has 0 amide bonds. The van der Waals surface area contributed by atoms with Crippen molar-refractivity contribution in [3.05, 3.63) is 39.4 Å². The summed E-state index contributed by atoms with van der Waals surface area (Å²) in [6.07, 6.45) is 0. The first-order valence-electron chi connectivity index (χ1n) is 6.43. The van der Waals surface area contributed by atoms with E-state index in [0.717, 1.165) is 17.9 Å². The van der Waals surface area contributed by atoms with Crippen LogP contribution in [0, 0.1) is 19.7 Å². The number of hydrogen-bond donors (Lipinski definition) is 2. The Labute approximate surface area is 132 Å². The first kappa shape index (κ1) is 15.8. The van der Waals surface area contributed by atoms with Gasteiger partial charge in [-0.2, -0.15) is 0 Å². The lowest BCUT2D eigenvalue weighted by Crippen LogP contribution is -2.07. The molecule has 2 rings (SSSR count). The van der Waals surface area contributed by atoms with Crippen LogP contribution in [0.15, 0.2) is 12.1 Å². The summed E-state index contributed by atoms with van der Waals surface area (Å²) in [6, 6.07) is 2.93. The second-order valence-electron chi connectivity index (χ2n) is 4.50. The maximum Gasteiger partial charge on any atom is 0.160 e. The molecule has 1 heterocycles. The van der Waals surface area contributed by atoms with Crippen LogP contribution >= 0.6 is 23.2 Å². The largest absolute Gasteiger partial charge is 0.370 e. The van der Waals surface area contributed by atoms with Gasteiger partial charge in [0.1, 0.15) is 17.5 Å². The number of nitrogens with one attached hydrogen (secondary N) is 2. The number of nitrogens with zero attached hydrogens (tertiary/aromatic N) is 2. The van der Waals surface area contributed by atoms with E-state index in [9.17, 15) is 4.39 Å². The molecule has 1 aromatic heterocycles. The van der Waals surface area contributed by atoms with Gasteiger partial charge >= 0.3 is 0 Å². The molecule has 2 N–H and O–H groups in total. The maximum atomic E-state index is 13.4. The molecule has 0 bridgehead atoms. The Bertz CT molecular complexity index is 653. The van der Waals surface area contributed by atoms with Gasteiger partial charge in [0.15, 0.2) is 5.82 Å². The van der Waals surface area contributed by atoms with Gasteiger partial charge in [-0.1, -0.05) is 23.2 Å². The van der Waals surface area contributed by atoms with Crippen LogP contribution in [0.4, 0.5) is 21.7 Å². The number of anilines is 3. The summed E-state index contributed by atoms with van der Waals surface area (Å²) in [6.45, 7) is 6.44. The summed E-state index contributed by atoms with van der Waals surface area (Å²) in [5, 5.41) is 6.18. The topological polar surface area (TPSA) is 49.8 Å². The summed E-state index contributed by atoms with van der Waals surface area (Å²) >= 11 is 11.6. The Morgan fingerprint density at radius 3 is 2.24 bits per heavy atom. The molecular weight excluding hydrogens is 314 g/mol. The van der Waals surface area contributed by atoms with E-state index in [1.807, 2.05) is 13.8 Å². The van der Waals surface area contributed by atoms with Crippen LogP contribution in [0.1, 0.15) is 18.3 Å². The zero-order chi connectivity index (χ0) is 15.6. The fraction of sp³-hybridized carbons (Fsp3) is 0.286. The number of aryl methyl sites for hydroxylation is 1. The molecule has 0 unspecified atom stereocenters. The number of halogens is 3. The van der Waals surface area contributed by atoms with Crippen LogP contribution in [-0.4, -0.2) is 16.5 Å². The molecule has 0 aliphatic rings. The predicted molar refractivity (Wildman–Crippen MR) is 85.4 cm³/mol. The molecule has 112 valence electrons. The van der Waals surface area contributed by atoms with Crippen molar-refractivity contribution in [1.29, 1.82) is 0 Å². The normalized spacial score (nSPS) is 10.6. The van der Waals surface area contributed by atoms with Crippen molar-refractivity contribution in [2.45, 2.75) is 20.8 Å². The highest BCUT2D eigenvalue weighted by molar-refractivity contribution is 6.35. The smallest absolute Gasteiger partial charge is 0.160 e. The van der Waals surface area contributed by atoms with Crippen LogP contribution in [-0.2, 0) is 0 Å². The van der Waals surface area contributed by atoms with E-state index in [2.05, 4.69) is 20.6 Å². The zero-order valence-corrected chi connectivity index (χ0v) is 13.4. The lowest BCUT2D eigenvalue weighted by molar-refractivity contribution is 0.629. The molecular formula is C14H15Cl2FN4. The monoisotopic (exact) mass is 328 g/mol. The minimum absolute atomic E-state index is 0.0414. The SMILES string of the molecule is CCNc1nc(C)nc(Nc2cc(Cl)c(F)c(Cl)c2)c1C. The van der Waals surface area contributed by atoms with Crippen molar-refractivity contribution in [2.75, 3.05) is 17.2 Å². The lowest BCUT2D eigenvalue weighted by Gasteiger charge is -2.14. The van der Waals surface area contributed by atoms with Gasteiger partial charge in [0.25, 0.3) is 0 Å². The summed E-state index contributed by atoms with van der Waals surface area (Å²) < 4.78 is 13.4. The number of aromatic nitrogens is 2. The van der Waals surface area contributed by atoms with E-state index in [1.54, 1.807) is 6.92 Å². The first-order valence-corrected chi connectivity index (χ1v) is 7.18. The van der Waals surface area contributed by atoms with Gasteiger partial charge in [0.05, 0.1) is 10.0 Å². The van der Waals surface area contributed by atoms with Crippen molar-refractivity contribution in [1.82, 2.24) is 9.97 Å². The molecule has 2 aromatic rings. The molecule has 0 atom stereocenters. The van der Waals surface area contributed by atoms with E-state index in [0.29, 0.717) is 17.3 Å². The van der Waals surface area contributed by atoms with Gasteiger partial charge in [-0.25, -0.2) is 14.4 Å². The third-order valence-electron chi connectivity index (χ3n) is 2.85. The van der Waals surface area contributed by atoms with Gasteiger partial charge < -0.3 is 10.6 Å². The number of rotatable bonds is 4. The van der Waals surface area contributed by atoms with E-state index in [4.69, 9.17) is 23.2 Å². The molecule has 0 saturated carbocycles. The zero-order valence-electron chi connectivity index (χ0n) is 11.9. The molecule has 0 aliphatic heterocycles. The molecule has 1 aromatic carbocycles.